The molecule has 0 amide bonds. The van der Waals surface area contributed by atoms with E-state index in [1.165, 1.54) is 12.3 Å². The van der Waals surface area contributed by atoms with Crippen LogP contribution in [0.15, 0.2) is 12.3 Å². The number of aromatic nitrogens is 1. The van der Waals surface area contributed by atoms with E-state index < -0.39 is 5.97 Å². The first kappa shape index (κ1) is 13.6. The van der Waals surface area contributed by atoms with Crippen molar-refractivity contribution < 1.29 is 14.6 Å². The van der Waals surface area contributed by atoms with Crippen molar-refractivity contribution in [1.82, 2.24) is 4.98 Å². The number of nitrogens with zero attached hydrogens (tertiary/aromatic N) is 2. The Kier molecular flexibility index (Phi) is 4.21. The maximum atomic E-state index is 11.1. The van der Waals surface area contributed by atoms with Crippen molar-refractivity contribution in [2.45, 2.75) is 25.9 Å². The van der Waals surface area contributed by atoms with Crippen molar-refractivity contribution in [3.8, 4) is 0 Å². The average Bonchev–Trinajstić information content (AvgIpc) is 2.64. The third kappa shape index (κ3) is 2.96. The van der Waals surface area contributed by atoms with Gasteiger partial charge >= 0.3 is 5.97 Å². The number of ether oxygens (including phenoxy) is 1. The van der Waals surface area contributed by atoms with Crippen LogP contribution in [0, 0.1) is 0 Å². The molecule has 0 aliphatic carbocycles. The van der Waals surface area contributed by atoms with Gasteiger partial charge in [0.2, 0.25) is 0 Å². The lowest BCUT2D eigenvalue weighted by molar-refractivity contribution is 0.0664. The molecular weight excluding hydrogens is 246 g/mol. The van der Waals surface area contributed by atoms with Crippen molar-refractivity contribution in [2.75, 3.05) is 30.3 Å². The van der Waals surface area contributed by atoms with Gasteiger partial charge in [-0.2, -0.15) is 0 Å². The van der Waals surface area contributed by atoms with E-state index in [0.717, 1.165) is 19.4 Å². The van der Waals surface area contributed by atoms with Crippen LogP contribution in [0.2, 0.25) is 0 Å². The Labute approximate surface area is 112 Å². The first-order valence-electron chi connectivity index (χ1n) is 6.47. The van der Waals surface area contributed by atoms with Crippen LogP contribution in [0.5, 0.6) is 0 Å². The van der Waals surface area contributed by atoms with Gasteiger partial charge < -0.3 is 20.5 Å². The first-order chi connectivity index (χ1) is 9.13. The smallest absolute Gasteiger partial charge is 0.337 e. The summed E-state index contributed by atoms with van der Waals surface area (Å²) in [4.78, 5) is 17.3. The van der Waals surface area contributed by atoms with Gasteiger partial charge in [0.05, 0.1) is 17.4 Å². The number of hydrogen-bond donors (Lipinski definition) is 2. The molecular formula is C13H19N3O3. The van der Waals surface area contributed by atoms with Gasteiger partial charge in [-0.25, -0.2) is 9.78 Å². The minimum atomic E-state index is -1.03. The minimum Gasteiger partial charge on any atom is -0.478 e. The molecule has 1 saturated heterocycles. The maximum Gasteiger partial charge on any atom is 0.337 e. The van der Waals surface area contributed by atoms with Gasteiger partial charge in [-0.05, 0) is 18.9 Å². The molecule has 104 valence electrons. The lowest BCUT2D eigenvalue weighted by Gasteiger charge is -2.25. The Bertz CT molecular complexity index is 464. The molecule has 0 spiro atoms. The number of rotatable bonds is 3. The maximum absolute atomic E-state index is 11.1. The van der Waals surface area contributed by atoms with Crippen LogP contribution < -0.4 is 10.6 Å². The van der Waals surface area contributed by atoms with Crippen molar-refractivity contribution in [2.24, 2.45) is 0 Å². The average molecular weight is 265 g/mol. The summed E-state index contributed by atoms with van der Waals surface area (Å²) in [6.07, 6.45) is 3.42. The highest BCUT2D eigenvalue weighted by molar-refractivity contribution is 5.96. The molecule has 2 heterocycles. The summed E-state index contributed by atoms with van der Waals surface area (Å²) in [5.41, 5.74) is 6.26. The fourth-order valence-corrected chi connectivity index (χ4v) is 2.24. The Hall–Kier alpha value is -1.82. The number of nitrogen functional groups attached to an aromatic ring is 1. The van der Waals surface area contributed by atoms with E-state index in [4.69, 9.17) is 15.6 Å². The summed E-state index contributed by atoms with van der Waals surface area (Å²) >= 11 is 0. The Morgan fingerprint density at radius 3 is 3.16 bits per heavy atom. The zero-order chi connectivity index (χ0) is 13.8. The molecule has 0 aromatic carbocycles. The summed E-state index contributed by atoms with van der Waals surface area (Å²) in [5.74, 6) is -0.483. The monoisotopic (exact) mass is 265 g/mol. The number of carboxylic acid groups (broad SMARTS) is 1. The second-order valence-corrected chi connectivity index (χ2v) is 4.60. The van der Waals surface area contributed by atoms with Crippen molar-refractivity contribution in [1.29, 1.82) is 0 Å². The van der Waals surface area contributed by atoms with Crippen LogP contribution in [0.25, 0.3) is 0 Å². The fraction of sp³-hybridized carbons (Fsp3) is 0.538. The van der Waals surface area contributed by atoms with E-state index in [-0.39, 0.29) is 17.4 Å². The molecule has 1 aromatic heterocycles. The summed E-state index contributed by atoms with van der Waals surface area (Å²) in [5, 5.41) is 9.09. The van der Waals surface area contributed by atoms with Gasteiger partial charge in [-0.15, -0.1) is 0 Å². The van der Waals surface area contributed by atoms with E-state index in [9.17, 15) is 4.79 Å². The molecule has 3 N–H and O–H groups in total. The molecule has 0 bridgehead atoms. The highest BCUT2D eigenvalue weighted by Crippen LogP contribution is 2.26. The molecule has 0 radical (unpaired) electrons. The standard InChI is InChI=1S/C13H19N3O3/c1-2-9-8-16(6-3-7-19-9)12-11(14)10(13(17)18)4-5-15-12/h4-5,9H,2-3,6-8,14H2,1H3,(H,17,18). The van der Waals surface area contributed by atoms with E-state index in [1.807, 2.05) is 4.90 Å². The van der Waals surface area contributed by atoms with Crippen LogP contribution in [-0.4, -0.2) is 41.9 Å². The van der Waals surface area contributed by atoms with Crippen LogP contribution in [0.3, 0.4) is 0 Å². The Balaban J connectivity index is 2.29. The Morgan fingerprint density at radius 1 is 1.68 bits per heavy atom. The molecule has 2 rings (SSSR count). The molecule has 19 heavy (non-hydrogen) atoms. The van der Waals surface area contributed by atoms with Gasteiger partial charge in [0.25, 0.3) is 0 Å². The van der Waals surface area contributed by atoms with Crippen LogP contribution in [0.4, 0.5) is 11.5 Å². The van der Waals surface area contributed by atoms with Gasteiger partial charge in [0, 0.05) is 25.9 Å². The quantitative estimate of drug-likeness (QED) is 0.858. The highest BCUT2D eigenvalue weighted by atomic mass is 16.5. The van der Waals surface area contributed by atoms with E-state index in [2.05, 4.69) is 11.9 Å². The van der Waals surface area contributed by atoms with E-state index >= 15 is 0 Å². The fourth-order valence-electron chi connectivity index (χ4n) is 2.24. The second-order valence-electron chi connectivity index (χ2n) is 4.60. The van der Waals surface area contributed by atoms with Gasteiger partial charge in [-0.1, -0.05) is 6.92 Å². The number of carboxylic acids is 1. The predicted molar refractivity (Wildman–Crippen MR) is 72.5 cm³/mol. The lowest BCUT2D eigenvalue weighted by atomic mass is 10.2. The third-order valence-corrected chi connectivity index (χ3v) is 3.30. The first-order valence-corrected chi connectivity index (χ1v) is 6.47. The molecule has 0 saturated carbocycles. The summed E-state index contributed by atoms with van der Waals surface area (Å²) < 4.78 is 5.69. The normalized spacial score (nSPS) is 20.1. The van der Waals surface area contributed by atoms with Crippen molar-refractivity contribution in [3.05, 3.63) is 17.8 Å². The number of carbonyl (C=O) groups is 1. The summed E-state index contributed by atoms with van der Waals surface area (Å²) in [6, 6.07) is 1.42. The third-order valence-electron chi connectivity index (χ3n) is 3.30. The number of pyridine rings is 1. The molecule has 1 unspecified atom stereocenters. The molecule has 1 aliphatic heterocycles. The van der Waals surface area contributed by atoms with Gasteiger partial charge in [-0.3, -0.25) is 0 Å². The van der Waals surface area contributed by atoms with E-state index in [1.54, 1.807) is 0 Å². The van der Waals surface area contributed by atoms with Crippen molar-refractivity contribution >= 4 is 17.5 Å². The molecule has 1 atom stereocenters. The number of nitrogens with two attached hydrogens (primary N) is 1. The molecule has 1 aromatic rings. The molecule has 6 heteroatoms. The molecule has 1 aliphatic rings. The minimum absolute atomic E-state index is 0.100. The van der Waals surface area contributed by atoms with Crippen molar-refractivity contribution in [3.63, 3.8) is 0 Å². The predicted octanol–water partition coefficient (Wildman–Crippen LogP) is 1.37. The topological polar surface area (TPSA) is 88.7 Å². The summed E-state index contributed by atoms with van der Waals surface area (Å²) in [7, 11) is 0. The summed E-state index contributed by atoms with van der Waals surface area (Å²) in [6.45, 7) is 4.25. The van der Waals surface area contributed by atoms with Crippen LogP contribution in [0.1, 0.15) is 30.1 Å². The van der Waals surface area contributed by atoms with Crippen LogP contribution in [-0.2, 0) is 4.74 Å². The lowest BCUT2D eigenvalue weighted by Crippen LogP contribution is -2.32. The zero-order valence-corrected chi connectivity index (χ0v) is 11.0. The SMILES string of the molecule is CCC1CN(c2nccc(C(=O)O)c2N)CCCO1. The largest absolute Gasteiger partial charge is 0.478 e. The second kappa shape index (κ2) is 5.88. The number of anilines is 2. The molecule has 1 fully saturated rings. The molecule has 6 nitrogen and oxygen atoms in total. The van der Waals surface area contributed by atoms with Gasteiger partial charge in [0.15, 0.2) is 5.82 Å². The Morgan fingerprint density at radius 2 is 2.47 bits per heavy atom. The van der Waals surface area contributed by atoms with E-state index in [0.29, 0.717) is 19.0 Å². The zero-order valence-electron chi connectivity index (χ0n) is 11.0. The van der Waals surface area contributed by atoms with Gasteiger partial charge in [0.1, 0.15) is 0 Å². The number of aromatic carboxylic acids is 1. The highest BCUT2D eigenvalue weighted by Gasteiger charge is 2.22. The van der Waals surface area contributed by atoms with Crippen LogP contribution >= 0.6 is 0 Å². The number of hydrogen-bond acceptors (Lipinski definition) is 5.